The van der Waals surface area contributed by atoms with Crippen LogP contribution in [0, 0.1) is 10.1 Å². The predicted molar refractivity (Wildman–Crippen MR) is 112 cm³/mol. The van der Waals surface area contributed by atoms with E-state index in [1.165, 1.54) is 6.07 Å². The van der Waals surface area contributed by atoms with Crippen LogP contribution in [-0.4, -0.2) is 16.9 Å². The Morgan fingerprint density at radius 2 is 1.52 bits per heavy atom. The van der Waals surface area contributed by atoms with Gasteiger partial charge >= 0.3 is 0 Å². The summed E-state index contributed by atoms with van der Waals surface area (Å²) in [5.41, 5.74) is 2.51. The molecule has 0 saturated heterocycles. The summed E-state index contributed by atoms with van der Waals surface area (Å²) in [7, 11) is 0. The fourth-order valence-corrected chi connectivity index (χ4v) is 3.26. The molecule has 0 radical (unpaired) electrons. The third-order valence-electron chi connectivity index (χ3n) is 4.93. The lowest BCUT2D eigenvalue weighted by atomic mass is 9.98. The molecule has 2 N–H and O–H groups in total. The Kier molecular flexibility index (Phi) is 5.24. The van der Waals surface area contributed by atoms with Gasteiger partial charge in [0.05, 0.1) is 11.0 Å². The van der Waals surface area contributed by atoms with Gasteiger partial charge < -0.3 is 10.6 Å². The molecule has 29 heavy (non-hydrogen) atoms. The highest BCUT2D eigenvalue weighted by Gasteiger charge is 2.26. The van der Waals surface area contributed by atoms with Gasteiger partial charge in [-0.25, -0.2) is 0 Å². The van der Waals surface area contributed by atoms with Gasteiger partial charge in [0.25, 0.3) is 11.6 Å². The van der Waals surface area contributed by atoms with E-state index in [4.69, 9.17) is 0 Å². The predicted octanol–water partition coefficient (Wildman–Crippen LogP) is 4.69. The van der Waals surface area contributed by atoms with Crippen LogP contribution in [0.2, 0.25) is 0 Å². The van der Waals surface area contributed by atoms with Crippen molar-refractivity contribution in [2.75, 3.05) is 5.32 Å². The van der Waals surface area contributed by atoms with Crippen molar-refractivity contribution >= 4 is 17.3 Å². The van der Waals surface area contributed by atoms with Crippen LogP contribution >= 0.6 is 0 Å². The van der Waals surface area contributed by atoms with Crippen molar-refractivity contribution < 1.29 is 9.72 Å². The smallest absolute Gasteiger partial charge is 0.293 e. The van der Waals surface area contributed by atoms with E-state index in [1.807, 2.05) is 60.7 Å². The average molecular weight is 387 g/mol. The maximum absolute atomic E-state index is 13.0. The number of nitrogens with one attached hydrogen (secondary N) is 2. The lowest BCUT2D eigenvalue weighted by molar-refractivity contribution is -0.384. The van der Waals surface area contributed by atoms with Gasteiger partial charge in [0.2, 0.25) is 0 Å². The third-order valence-corrected chi connectivity index (χ3v) is 4.93. The van der Waals surface area contributed by atoms with Gasteiger partial charge in [-0.15, -0.1) is 0 Å². The second-order valence-electron chi connectivity index (χ2n) is 7.14. The SMILES string of the molecule is O=C(NC(c1ccccc1)c1ccccc1)c1ccc(NC2CC2)c([N+](=O)[O-])c1. The van der Waals surface area contributed by atoms with Crippen LogP contribution in [0.15, 0.2) is 78.9 Å². The van der Waals surface area contributed by atoms with Crippen molar-refractivity contribution in [2.45, 2.75) is 24.9 Å². The van der Waals surface area contributed by atoms with Crippen LogP contribution in [0.4, 0.5) is 11.4 Å². The minimum atomic E-state index is -0.451. The van der Waals surface area contributed by atoms with Crippen molar-refractivity contribution in [3.8, 4) is 0 Å². The van der Waals surface area contributed by atoms with Gasteiger partial charge in [-0.1, -0.05) is 60.7 Å². The van der Waals surface area contributed by atoms with Gasteiger partial charge in [-0.2, -0.15) is 0 Å². The minimum Gasteiger partial charge on any atom is -0.377 e. The maximum atomic E-state index is 13.0. The van der Waals surface area contributed by atoms with E-state index in [1.54, 1.807) is 12.1 Å². The number of anilines is 1. The summed E-state index contributed by atoms with van der Waals surface area (Å²) in [5.74, 6) is -0.358. The number of hydrogen-bond acceptors (Lipinski definition) is 4. The van der Waals surface area contributed by atoms with E-state index in [0.717, 1.165) is 24.0 Å². The maximum Gasteiger partial charge on any atom is 0.293 e. The summed E-state index contributed by atoms with van der Waals surface area (Å²) in [6.07, 6.45) is 2.02. The molecular weight excluding hydrogens is 366 g/mol. The molecule has 0 heterocycles. The first-order valence-corrected chi connectivity index (χ1v) is 9.57. The Balaban J connectivity index is 1.62. The van der Waals surface area contributed by atoms with Gasteiger partial charge in [-0.05, 0) is 36.1 Å². The average Bonchev–Trinajstić information content (AvgIpc) is 3.57. The second kappa shape index (κ2) is 8.14. The number of amides is 1. The molecule has 0 spiro atoms. The molecule has 0 unspecified atom stereocenters. The summed E-state index contributed by atoms with van der Waals surface area (Å²) in [4.78, 5) is 24.0. The first kappa shape index (κ1) is 18.7. The highest BCUT2D eigenvalue weighted by molar-refractivity contribution is 5.96. The first-order chi connectivity index (χ1) is 14.1. The highest BCUT2D eigenvalue weighted by atomic mass is 16.6. The number of carbonyl (C=O) groups excluding carboxylic acids is 1. The molecule has 1 aliphatic carbocycles. The Morgan fingerprint density at radius 3 is 2.03 bits per heavy atom. The van der Waals surface area contributed by atoms with Crippen molar-refractivity contribution in [2.24, 2.45) is 0 Å². The van der Waals surface area contributed by atoms with Crippen LogP contribution in [0.5, 0.6) is 0 Å². The summed E-state index contributed by atoms with van der Waals surface area (Å²) >= 11 is 0. The Labute approximate surface area is 168 Å². The number of carbonyl (C=O) groups is 1. The number of nitro groups is 1. The van der Waals surface area contributed by atoms with Crippen molar-refractivity contribution in [3.63, 3.8) is 0 Å². The van der Waals surface area contributed by atoms with Gasteiger partial charge in [0, 0.05) is 17.7 Å². The Morgan fingerprint density at radius 1 is 0.931 bits per heavy atom. The van der Waals surface area contributed by atoms with E-state index < -0.39 is 4.92 Å². The molecule has 6 nitrogen and oxygen atoms in total. The van der Waals surface area contributed by atoms with E-state index in [0.29, 0.717) is 5.69 Å². The van der Waals surface area contributed by atoms with Crippen LogP contribution in [0.25, 0.3) is 0 Å². The molecule has 0 bridgehead atoms. The molecule has 4 rings (SSSR count). The number of benzene rings is 3. The molecule has 3 aromatic rings. The van der Waals surface area contributed by atoms with Gasteiger partial charge in [0.15, 0.2) is 0 Å². The summed E-state index contributed by atoms with van der Waals surface area (Å²) in [6.45, 7) is 0. The van der Waals surface area contributed by atoms with Gasteiger partial charge in [-0.3, -0.25) is 14.9 Å². The van der Waals surface area contributed by atoms with Crippen LogP contribution < -0.4 is 10.6 Å². The number of rotatable bonds is 7. The summed E-state index contributed by atoms with van der Waals surface area (Å²) in [6, 6.07) is 23.8. The lowest BCUT2D eigenvalue weighted by Gasteiger charge is -2.20. The highest BCUT2D eigenvalue weighted by Crippen LogP contribution is 2.32. The van der Waals surface area contributed by atoms with Crippen molar-refractivity contribution in [3.05, 3.63) is 106 Å². The quantitative estimate of drug-likeness (QED) is 0.455. The summed E-state index contributed by atoms with van der Waals surface area (Å²) in [5, 5.41) is 17.7. The normalized spacial score (nSPS) is 13.1. The topological polar surface area (TPSA) is 84.3 Å². The zero-order chi connectivity index (χ0) is 20.2. The van der Waals surface area contributed by atoms with E-state index >= 15 is 0 Å². The molecule has 6 heteroatoms. The van der Waals surface area contributed by atoms with Gasteiger partial charge in [0.1, 0.15) is 5.69 Å². The first-order valence-electron chi connectivity index (χ1n) is 9.57. The molecule has 0 aliphatic heterocycles. The molecule has 1 aliphatic rings. The van der Waals surface area contributed by atoms with Crippen LogP contribution in [0.1, 0.15) is 40.4 Å². The molecule has 0 atom stereocenters. The Hall–Kier alpha value is -3.67. The van der Waals surface area contributed by atoms with E-state index in [9.17, 15) is 14.9 Å². The fourth-order valence-electron chi connectivity index (χ4n) is 3.26. The number of nitrogens with zero attached hydrogens (tertiary/aromatic N) is 1. The minimum absolute atomic E-state index is 0.0828. The van der Waals surface area contributed by atoms with E-state index in [2.05, 4.69) is 10.6 Å². The molecule has 1 amide bonds. The van der Waals surface area contributed by atoms with Crippen molar-refractivity contribution in [1.29, 1.82) is 0 Å². The third kappa shape index (κ3) is 4.43. The molecular formula is C23H21N3O3. The number of hydrogen-bond donors (Lipinski definition) is 2. The molecule has 0 aromatic heterocycles. The fraction of sp³-hybridized carbons (Fsp3) is 0.174. The largest absolute Gasteiger partial charge is 0.377 e. The zero-order valence-electron chi connectivity index (χ0n) is 15.7. The van der Waals surface area contributed by atoms with Crippen LogP contribution in [-0.2, 0) is 0 Å². The second-order valence-corrected chi connectivity index (χ2v) is 7.14. The molecule has 1 fully saturated rings. The number of nitro benzene ring substituents is 1. The monoisotopic (exact) mass is 387 g/mol. The van der Waals surface area contributed by atoms with Crippen molar-refractivity contribution in [1.82, 2.24) is 5.32 Å². The zero-order valence-corrected chi connectivity index (χ0v) is 15.7. The standard InChI is InChI=1S/C23H21N3O3/c27-23(18-11-14-20(24-19-12-13-19)21(15-18)26(28)29)25-22(16-7-3-1-4-8-16)17-9-5-2-6-10-17/h1-11,14-15,19,22,24H,12-13H2,(H,25,27). The van der Waals surface area contributed by atoms with Crippen LogP contribution in [0.3, 0.4) is 0 Å². The molecule has 146 valence electrons. The van der Waals surface area contributed by atoms with E-state index in [-0.39, 0.29) is 29.2 Å². The molecule has 1 saturated carbocycles. The Bertz CT molecular complexity index is 979. The molecule has 3 aromatic carbocycles. The lowest BCUT2D eigenvalue weighted by Crippen LogP contribution is -2.29. The summed E-state index contributed by atoms with van der Waals surface area (Å²) < 4.78 is 0.